The quantitative estimate of drug-likeness (QED) is 0.880. The van der Waals surface area contributed by atoms with Crippen LogP contribution in [0.1, 0.15) is 30.0 Å². The Hall–Kier alpha value is -0.780. The molecule has 17 heavy (non-hydrogen) atoms. The summed E-state index contributed by atoms with van der Waals surface area (Å²) in [5.74, 6) is 0. The number of nitrogens with two attached hydrogens (primary N) is 2. The van der Waals surface area contributed by atoms with Crippen molar-refractivity contribution in [2.75, 3.05) is 6.54 Å². The minimum Gasteiger partial charge on any atom is -0.330 e. The van der Waals surface area contributed by atoms with Gasteiger partial charge in [-0.2, -0.15) is 13.2 Å². The van der Waals surface area contributed by atoms with E-state index in [-0.39, 0.29) is 10.6 Å². The molecule has 4 N–H and O–H groups in total. The van der Waals surface area contributed by atoms with Gasteiger partial charge in [0.2, 0.25) is 0 Å². The third-order valence-corrected chi connectivity index (χ3v) is 2.78. The molecule has 0 unspecified atom stereocenters. The summed E-state index contributed by atoms with van der Waals surface area (Å²) in [5, 5.41) is 0.0457. The van der Waals surface area contributed by atoms with Crippen molar-refractivity contribution in [1.29, 1.82) is 0 Å². The topological polar surface area (TPSA) is 52.0 Å². The molecule has 1 aromatic rings. The lowest BCUT2D eigenvalue weighted by molar-refractivity contribution is -0.138. The van der Waals surface area contributed by atoms with Crippen molar-refractivity contribution >= 4 is 11.6 Å². The molecule has 0 heterocycles. The van der Waals surface area contributed by atoms with Crippen LogP contribution in [0.5, 0.6) is 0 Å². The normalized spacial score (nSPS) is 13.8. The van der Waals surface area contributed by atoms with Gasteiger partial charge in [0.25, 0.3) is 0 Å². The molecular formula is C11H14ClF3N2. The zero-order valence-electron chi connectivity index (χ0n) is 9.10. The van der Waals surface area contributed by atoms with Crippen molar-refractivity contribution in [2.24, 2.45) is 11.5 Å². The molecule has 1 rings (SSSR count). The van der Waals surface area contributed by atoms with Crippen molar-refractivity contribution in [3.8, 4) is 0 Å². The summed E-state index contributed by atoms with van der Waals surface area (Å²) in [7, 11) is 0. The van der Waals surface area contributed by atoms with E-state index in [1.54, 1.807) is 0 Å². The Kier molecular flexibility index (Phi) is 4.80. The van der Waals surface area contributed by atoms with E-state index in [1.807, 2.05) is 0 Å². The standard InChI is InChI=1S/C11H14ClF3N2/c12-8-4-1-3-7(11(13,14)15)10(8)9(17)5-2-6-16/h1,3-4,9H,2,5-6,16-17H2/t9-/m0/s1. The second-order valence-corrected chi connectivity index (χ2v) is 4.14. The van der Waals surface area contributed by atoms with E-state index in [0.717, 1.165) is 6.07 Å². The van der Waals surface area contributed by atoms with Crippen LogP contribution in [0.2, 0.25) is 5.02 Å². The Morgan fingerprint density at radius 1 is 1.29 bits per heavy atom. The van der Waals surface area contributed by atoms with E-state index in [0.29, 0.717) is 19.4 Å². The van der Waals surface area contributed by atoms with Crippen molar-refractivity contribution in [1.82, 2.24) is 0 Å². The smallest absolute Gasteiger partial charge is 0.330 e. The predicted octanol–water partition coefficient (Wildman–Crippen LogP) is 3.10. The summed E-state index contributed by atoms with van der Waals surface area (Å²) in [6.07, 6.45) is -3.51. The highest BCUT2D eigenvalue weighted by Gasteiger charge is 2.35. The molecule has 0 fully saturated rings. The molecule has 1 aromatic carbocycles. The van der Waals surface area contributed by atoms with Gasteiger partial charge in [-0.15, -0.1) is 0 Å². The number of hydrogen-bond donors (Lipinski definition) is 2. The Morgan fingerprint density at radius 2 is 1.94 bits per heavy atom. The van der Waals surface area contributed by atoms with Gasteiger partial charge >= 0.3 is 6.18 Å². The zero-order valence-corrected chi connectivity index (χ0v) is 9.85. The van der Waals surface area contributed by atoms with Crippen LogP contribution in [-0.4, -0.2) is 6.54 Å². The SMILES string of the molecule is NCCC[C@H](N)c1c(Cl)cccc1C(F)(F)F. The van der Waals surface area contributed by atoms with Gasteiger partial charge in [-0.05, 0) is 37.1 Å². The lowest BCUT2D eigenvalue weighted by atomic mass is 9.97. The average molecular weight is 267 g/mol. The van der Waals surface area contributed by atoms with Gasteiger partial charge in [0.1, 0.15) is 0 Å². The van der Waals surface area contributed by atoms with Gasteiger partial charge in [0, 0.05) is 11.1 Å². The zero-order chi connectivity index (χ0) is 13.1. The highest BCUT2D eigenvalue weighted by atomic mass is 35.5. The first kappa shape index (κ1) is 14.3. The van der Waals surface area contributed by atoms with E-state index in [4.69, 9.17) is 23.1 Å². The average Bonchev–Trinajstić information content (AvgIpc) is 2.24. The molecule has 0 saturated carbocycles. The first-order chi connectivity index (χ1) is 7.88. The van der Waals surface area contributed by atoms with Gasteiger partial charge in [-0.25, -0.2) is 0 Å². The third kappa shape index (κ3) is 3.59. The van der Waals surface area contributed by atoms with Crippen LogP contribution in [0.25, 0.3) is 0 Å². The molecule has 2 nitrogen and oxygen atoms in total. The van der Waals surface area contributed by atoms with Gasteiger partial charge < -0.3 is 11.5 Å². The van der Waals surface area contributed by atoms with Crippen LogP contribution in [0, 0.1) is 0 Å². The molecule has 0 bridgehead atoms. The Balaban J connectivity index is 3.12. The Morgan fingerprint density at radius 3 is 2.47 bits per heavy atom. The van der Waals surface area contributed by atoms with Crippen molar-refractivity contribution < 1.29 is 13.2 Å². The number of benzene rings is 1. The maximum atomic E-state index is 12.8. The minimum atomic E-state index is -4.44. The Bertz CT molecular complexity index is 379. The number of hydrogen-bond acceptors (Lipinski definition) is 2. The van der Waals surface area contributed by atoms with Gasteiger partial charge in [-0.1, -0.05) is 17.7 Å². The maximum Gasteiger partial charge on any atom is 0.416 e. The Labute approximate surface area is 103 Å². The highest BCUT2D eigenvalue weighted by molar-refractivity contribution is 6.31. The van der Waals surface area contributed by atoms with Gasteiger partial charge in [-0.3, -0.25) is 0 Å². The number of alkyl halides is 3. The first-order valence-corrected chi connectivity index (χ1v) is 5.57. The van der Waals surface area contributed by atoms with Crippen LogP contribution in [0.4, 0.5) is 13.2 Å². The van der Waals surface area contributed by atoms with E-state index in [2.05, 4.69) is 0 Å². The summed E-state index contributed by atoms with van der Waals surface area (Å²) in [6, 6.07) is 2.92. The lowest BCUT2D eigenvalue weighted by Crippen LogP contribution is -2.19. The van der Waals surface area contributed by atoms with E-state index >= 15 is 0 Å². The maximum absolute atomic E-state index is 12.8. The van der Waals surface area contributed by atoms with Crippen LogP contribution in [-0.2, 0) is 6.18 Å². The molecule has 0 saturated heterocycles. The van der Waals surface area contributed by atoms with Crippen molar-refractivity contribution in [2.45, 2.75) is 25.1 Å². The molecule has 1 atom stereocenters. The van der Waals surface area contributed by atoms with Gasteiger partial charge in [0.05, 0.1) is 5.56 Å². The van der Waals surface area contributed by atoms with Crippen LogP contribution in [0.3, 0.4) is 0 Å². The molecule has 0 amide bonds. The predicted molar refractivity (Wildman–Crippen MR) is 61.7 cm³/mol. The molecular weight excluding hydrogens is 253 g/mol. The van der Waals surface area contributed by atoms with Crippen LogP contribution in [0.15, 0.2) is 18.2 Å². The summed E-state index contributed by atoms with van der Waals surface area (Å²) >= 11 is 5.80. The second kappa shape index (κ2) is 5.71. The molecule has 0 radical (unpaired) electrons. The number of rotatable bonds is 4. The molecule has 0 aliphatic rings. The summed E-state index contributed by atoms with van der Waals surface area (Å²) < 4.78 is 38.3. The molecule has 96 valence electrons. The van der Waals surface area contributed by atoms with Crippen molar-refractivity contribution in [3.05, 3.63) is 34.3 Å². The second-order valence-electron chi connectivity index (χ2n) is 3.74. The fourth-order valence-electron chi connectivity index (χ4n) is 1.64. The monoisotopic (exact) mass is 266 g/mol. The van der Waals surface area contributed by atoms with E-state index in [9.17, 15) is 13.2 Å². The van der Waals surface area contributed by atoms with Crippen LogP contribution < -0.4 is 11.5 Å². The molecule has 6 heteroatoms. The van der Waals surface area contributed by atoms with Crippen LogP contribution >= 0.6 is 11.6 Å². The third-order valence-electron chi connectivity index (χ3n) is 2.45. The summed E-state index contributed by atoms with van der Waals surface area (Å²) in [4.78, 5) is 0. The van der Waals surface area contributed by atoms with Gasteiger partial charge in [0.15, 0.2) is 0 Å². The molecule has 0 aliphatic heterocycles. The van der Waals surface area contributed by atoms with E-state index < -0.39 is 17.8 Å². The van der Waals surface area contributed by atoms with Crippen molar-refractivity contribution in [3.63, 3.8) is 0 Å². The molecule has 0 spiro atoms. The molecule has 0 aliphatic carbocycles. The fourth-order valence-corrected chi connectivity index (χ4v) is 1.96. The largest absolute Gasteiger partial charge is 0.416 e. The summed E-state index contributed by atoms with van der Waals surface area (Å²) in [6.45, 7) is 0.388. The minimum absolute atomic E-state index is 0.0457. The first-order valence-electron chi connectivity index (χ1n) is 5.19. The fraction of sp³-hybridized carbons (Fsp3) is 0.455. The number of halogens is 4. The summed E-state index contributed by atoms with van der Waals surface area (Å²) in [5.41, 5.74) is 10.2. The highest BCUT2D eigenvalue weighted by Crippen LogP contribution is 2.38. The molecule has 0 aromatic heterocycles. The van der Waals surface area contributed by atoms with E-state index in [1.165, 1.54) is 12.1 Å². The lowest BCUT2D eigenvalue weighted by Gasteiger charge is -2.19.